The molecule has 0 atom stereocenters. The van der Waals surface area contributed by atoms with Crippen LogP contribution < -0.4 is 29.3 Å². The first-order chi connectivity index (χ1) is 5.33. The molecule has 0 heterocycles. The normalized spacial score (nSPS) is 10.2. The molecular formula is C9H21IN2O+2. The van der Waals surface area contributed by atoms with Gasteiger partial charge in [0.15, 0.2) is 0 Å². The maximum absolute atomic E-state index is 11.0. The fourth-order valence-electron chi connectivity index (χ4n) is 0.656. The minimum Gasteiger partial charge on any atom is -0.347 e. The molecule has 13 heavy (non-hydrogen) atoms. The quantitative estimate of drug-likeness (QED) is 0.332. The van der Waals surface area contributed by atoms with E-state index in [1.807, 2.05) is 0 Å². The van der Waals surface area contributed by atoms with Crippen molar-refractivity contribution in [2.75, 3.05) is 34.2 Å². The number of halogens is 1. The zero-order valence-electron chi connectivity index (χ0n) is 8.92. The van der Waals surface area contributed by atoms with Crippen LogP contribution in [0.5, 0.6) is 0 Å². The number of nitrogens with one attached hydrogen (secondary N) is 1. The van der Waals surface area contributed by atoms with Crippen LogP contribution in [0.4, 0.5) is 0 Å². The zero-order chi connectivity index (χ0) is 9.78. The molecule has 0 fully saturated rings. The molecule has 4 heteroatoms. The summed E-state index contributed by atoms with van der Waals surface area (Å²) in [5.41, 5.74) is 0.566. The van der Waals surface area contributed by atoms with E-state index in [1.165, 1.54) is 0 Å². The highest BCUT2D eigenvalue weighted by Gasteiger charge is 2.07. The van der Waals surface area contributed by atoms with Crippen LogP contribution in [0.1, 0.15) is 6.92 Å². The summed E-state index contributed by atoms with van der Waals surface area (Å²) < 4.78 is 0.858. The van der Waals surface area contributed by atoms with E-state index < -0.39 is 0 Å². The van der Waals surface area contributed by atoms with Crippen molar-refractivity contribution in [1.29, 1.82) is 0 Å². The van der Waals surface area contributed by atoms with Crippen LogP contribution >= 0.6 is 0 Å². The van der Waals surface area contributed by atoms with Crippen LogP contribution in [-0.4, -0.2) is 44.6 Å². The molecule has 0 aliphatic carbocycles. The Morgan fingerprint density at radius 1 is 1.38 bits per heavy atom. The van der Waals surface area contributed by atoms with Crippen LogP contribution in [0.25, 0.3) is 0 Å². The lowest BCUT2D eigenvalue weighted by molar-refractivity contribution is -0.869. The van der Waals surface area contributed by atoms with Gasteiger partial charge in [0, 0.05) is 5.57 Å². The van der Waals surface area contributed by atoms with Crippen molar-refractivity contribution in [3.63, 3.8) is 0 Å². The molecule has 0 aliphatic rings. The Morgan fingerprint density at radius 3 is 2.15 bits per heavy atom. The summed E-state index contributed by atoms with van der Waals surface area (Å²) in [7, 11) is 6.27. The van der Waals surface area contributed by atoms with Crippen molar-refractivity contribution in [2.45, 2.75) is 6.92 Å². The van der Waals surface area contributed by atoms with Crippen molar-refractivity contribution in [1.82, 2.24) is 5.32 Å². The minimum atomic E-state index is -0.0524. The number of rotatable bonds is 4. The summed E-state index contributed by atoms with van der Waals surface area (Å²) >= 11 is 0. The lowest BCUT2D eigenvalue weighted by Gasteiger charge is -2.23. The number of carbonyl (C=O) groups excluding carboxylic acids is 1. The molecule has 0 aromatic rings. The Balaban J connectivity index is 0. The van der Waals surface area contributed by atoms with Gasteiger partial charge in [0.05, 0.1) is 34.2 Å². The molecule has 0 radical (unpaired) electrons. The van der Waals surface area contributed by atoms with Gasteiger partial charge in [0.1, 0.15) is 0 Å². The largest absolute Gasteiger partial charge is 0.347 e. The first-order valence-electron chi connectivity index (χ1n) is 4.07. The zero-order valence-corrected chi connectivity index (χ0v) is 11.5. The third-order valence-electron chi connectivity index (χ3n) is 1.46. The summed E-state index contributed by atoms with van der Waals surface area (Å²) in [6.45, 7) is 6.90. The lowest BCUT2D eigenvalue weighted by Crippen LogP contribution is -3.00. The average Bonchev–Trinajstić information content (AvgIpc) is 1.84. The molecule has 1 N–H and O–H groups in total. The third-order valence-corrected chi connectivity index (χ3v) is 1.46. The Morgan fingerprint density at radius 2 is 1.85 bits per heavy atom. The van der Waals surface area contributed by atoms with Crippen molar-refractivity contribution in [3.05, 3.63) is 12.2 Å². The number of amides is 1. The summed E-state index contributed by atoms with van der Waals surface area (Å²) in [6, 6.07) is 0. The van der Waals surface area contributed by atoms with Crippen LogP contribution in [0.2, 0.25) is 0 Å². The van der Waals surface area contributed by atoms with E-state index in [4.69, 9.17) is 0 Å². The summed E-state index contributed by atoms with van der Waals surface area (Å²) in [6.07, 6.45) is 0. The van der Waals surface area contributed by atoms with Gasteiger partial charge in [-0.1, -0.05) is 6.58 Å². The summed E-state index contributed by atoms with van der Waals surface area (Å²) in [4.78, 5) is 11.0. The third kappa shape index (κ3) is 9.82. The fraction of sp³-hybridized carbons (Fsp3) is 0.667. The molecule has 0 rings (SSSR count). The van der Waals surface area contributed by atoms with Crippen LogP contribution in [0.15, 0.2) is 12.2 Å². The van der Waals surface area contributed by atoms with E-state index >= 15 is 0 Å². The molecule has 0 aromatic carbocycles. The Kier molecular flexibility index (Phi) is 7.53. The summed E-state index contributed by atoms with van der Waals surface area (Å²) in [5.74, 6) is -0.0524. The van der Waals surface area contributed by atoms with Crippen molar-refractivity contribution in [3.8, 4) is 0 Å². The molecular weight excluding hydrogens is 279 g/mol. The van der Waals surface area contributed by atoms with Gasteiger partial charge in [0.2, 0.25) is 29.9 Å². The molecule has 3 nitrogen and oxygen atoms in total. The van der Waals surface area contributed by atoms with Gasteiger partial charge in [-0.25, -0.2) is 0 Å². The molecule has 0 unspecified atom stereocenters. The smallest absolute Gasteiger partial charge is 0.246 e. The highest BCUT2D eigenvalue weighted by molar-refractivity contribution is 5.91. The highest BCUT2D eigenvalue weighted by Crippen LogP contribution is 1.88. The second-order valence-electron chi connectivity index (χ2n) is 4.05. The van der Waals surface area contributed by atoms with Gasteiger partial charge in [0.25, 0.3) is 0 Å². The van der Waals surface area contributed by atoms with Crippen LogP contribution in [-0.2, 0) is 4.79 Å². The van der Waals surface area contributed by atoms with E-state index in [0.29, 0.717) is 12.1 Å². The lowest BCUT2D eigenvalue weighted by atomic mass is 10.3. The predicted molar refractivity (Wildman–Crippen MR) is 53.5 cm³/mol. The van der Waals surface area contributed by atoms with Gasteiger partial charge < -0.3 is 9.80 Å². The van der Waals surface area contributed by atoms with E-state index in [2.05, 4.69) is 33.0 Å². The SMILES string of the molecule is C=C(C)C(=O)NCC[N+](C)(C)C.[IH2+]. The second-order valence-corrected chi connectivity index (χ2v) is 4.05. The molecule has 78 valence electrons. The number of nitrogens with zero attached hydrogens (tertiary/aromatic N) is 1. The second kappa shape index (κ2) is 6.37. The van der Waals surface area contributed by atoms with Crippen molar-refractivity contribution in [2.24, 2.45) is 0 Å². The van der Waals surface area contributed by atoms with Gasteiger partial charge in [-0.2, -0.15) is 0 Å². The van der Waals surface area contributed by atoms with Gasteiger partial charge in [-0.05, 0) is 6.92 Å². The first-order valence-corrected chi connectivity index (χ1v) is 4.07. The van der Waals surface area contributed by atoms with Gasteiger partial charge in [-0.3, -0.25) is 4.79 Å². The number of quaternary nitrogens is 1. The maximum atomic E-state index is 11.0. The first kappa shape index (κ1) is 15.4. The topological polar surface area (TPSA) is 29.1 Å². The molecule has 0 saturated carbocycles. The molecule has 0 aromatic heterocycles. The van der Waals surface area contributed by atoms with E-state index in [-0.39, 0.29) is 29.9 Å². The molecule has 0 bridgehead atoms. The maximum Gasteiger partial charge on any atom is 0.246 e. The van der Waals surface area contributed by atoms with Crippen LogP contribution in [0, 0.1) is 0 Å². The minimum absolute atomic E-state index is 0. The molecule has 0 saturated heterocycles. The Hall–Kier alpha value is -0.100. The standard InChI is InChI=1S/C9H18N2O.H2I/c1-8(2)9(12)10-6-7-11(3,4)5;/h1,6-7H2,2-5H3;1H2/q;+1/p+1. The average molecular weight is 300 g/mol. The molecule has 1 amide bonds. The molecule has 0 aliphatic heterocycles. The Labute approximate surface area is 97.8 Å². The predicted octanol–water partition coefficient (Wildman–Crippen LogP) is -3.15. The van der Waals surface area contributed by atoms with E-state index in [0.717, 1.165) is 11.0 Å². The Bertz CT molecular complexity index is 185. The van der Waals surface area contributed by atoms with Crippen molar-refractivity contribution >= 4 is 5.91 Å². The monoisotopic (exact) mass is 300 g/mol. The summed E-state index contributed by atoms with van der Waals surface area (Å²) in [5, 5.41) is 2.78. The van der Waals surface area contributed by atoms with E-state index in [1.54, 1.807) is 6.92 Å². The number of hydrogen-bond donors (Lipinski definition) is 1. The fourth-order valence-corrected chi connectivity index (χ4v) is 0.656. The number of carbonyl (C=O) groups is 1. The number of hydrogen-bond acceptors (Lipinski definition) is 1. The van der Waals surface area contributed by atoms with Crippen LogP contribution in [0.3, 0.4) is 0 Å². The van der Waals surface area contributed by atoms with Gasteiger partial charge in [-0.15, -0.1) is 0 Å². The van der Waals surface area contributed by atoms with Gasteiger partial charge >= 0.3 is 0 Å². The van der Waals surface area contributed by atoms with Crippen molar-refractivity contribution < 1.29 is 33.3 Å². The van der Waals surface area contributed by atoms with E-state index in [9.17, 15) is 4.79 Å². The number of likely N-dealkylation sites (N-methyl/N-ethyl adjacent to an activating group) is 1. The highest BCUT2D eigenvalue weighted by atomic mass is 127. The molecule has 0 spiro atoms.